The standard InChI is InChI=1S/C16H32N2O/c1-14-7-5-6-9-18(14)12-16(8-10-19-13-16)11-17-15(2,3)4/h14,17H,5-13H2,1-4H3. The van der Waals surface area contributed by atoms with Gasteiger partial charge in [-0.2, -0.15) is 0 Å². The fraction of sp³-hybridized carbons (Fsp3) is 1.00. The van der Waals surface area contributed by atoms with Gasteiger partial charge in [0.05, 0.1) is 6.61 Å². The van der Waals surface area contributed by atoms with Crippen LogP contribution in [-0.4, -0.2) is 49.3 Å². The molecule has 1 N–H and O–H groups in total. The number of likely N-dealkylation sites (tertiary alicyclic amines) is 1. The fourth-order valence-corrected chi connectivity index (χ4v) is 3.25. The summed E-state index contributed by atoms with van der Waals surface area (Å²) in [4.78, 5) is 2.70. The van der Waals surface area contributed by atoms with Crippen molar-refractivity contribution in [1.82, 2.24) is 10.2 Å². The van der Waals surface area contributed by atoms with Gasteiger partial charge in [-0.25, -0.2) is 0 Å². The van der Waals surface area contributed by atoms with Crippen LogP contribution in [0.5, 0.6) is 0 Å². The second-order valence-corrected chi connectivity index (χ2v) is 7.72. The molecule has 3 heteroatoms. The Morgan fingerprint density at radius 1 is 1.32 bits per heavy atom. The highest BCUT2D eigenvalue weighted by molar-refractivity contribution is 4.92. The first-order chi connectivity index (χ1) is 8.90. The van der Waals surface area contributed by atoms with Crippen molar-refractivity contribution in [3.63, 3.8) is 0 Å². The molecule has 2 fully saturated rings. The van der Waals surface area contributed by atoms with Gasteiger partial charge >= 0.3 is 0 Å². The molecular formula is C16H32N2O. The molecule has 0 radical (unpaired) electrons. The van der Waals surface area contributed by atoms with Crippen LogP contribution in [0.1, 0.15) is 53.4 Å². The SMILES string of the molecule is CC1CCCCN1CC1(CNC(C)(C)C)CCOC1. The minimum atomic E-state index is 0.198. The maximum absolute atomic E-state index is 5.74. The Morgan fingerprint density at radius 3 is 2.68 bits per heavy atom. The van der Waals surface area contributed by atoms with Crippen molar-refractivity contribution >= 4 is 0 Å². The van der Waals surface area contributed by atoms with Gasteiger partial charge in [-0.3, -0.25) is 4.90 Å². The van der Waals surface area contributed by atoms with E-state index >= 15 is 0 Å². The molecule has 2 aliphatic heterocycles. The van der Waals surface area contributed by atoms with E-state index in [4.69, 9.17) is 4.74 Å². The number of piperidine rings is 1. The van der Waals surface area contributed by atoms with Crippen LogP contribution < -0.4 is 5.32 Å². The lowest BCUT2D eigenvalue weighted by Crippen LogP contribution is -2.51. The van der Waals surface area contributed by atoms with Crippen LogP contribution in [0.25, 0.3) is 0 Å². The third-order valence-electron chi connectivity index (χ3n) is 4.66. The Bertz CT molecular complexity index is 279. The van der Waals surface area contributed by atoms with Crippen LogP contribution in [0.2, 0.25) is 0 Å². The molecule has 2 unspecified atom stereocenters. The second kappa shape index (κ2) is 6.11. The van der Waals surface area contributed by atoms with Crippen LogP contribution in [0.4, 0.5) is 0 Å². The summed E-state index contributed by atoms with van der Waals surface area (Å²) in [5.74, 6) is 0. The molecule has 2 atom stereocenters. The molecule has 2 saturated heterocycles. The van der Waals surface area contributed by atoms with E-state index in [0.29, 0.717) is 5.41 Å². The first-order valence-electron chi connectivity index (χ1n) is 7.97. The molecule has 0 aromatic heterocycles. The predicted molar refractivity (Wildman–Crippen MR) is 80.5 cm³/mol. The van der Waals surface area contributed by atoms with Crippen LogP contribution in [-0.2, 0) is 4.74 Å². The Labute approximate surface area is 119 Å². The van der Waals surface area contributed by atoms with Gasteiger partial charge in [-0.15, -0.1) is 0 Å². The monoisotopic (exact) mass is 268 g/mol. The van der Waals surface area contributed by atoms with Crippen molar-refractivity contribution < 1.29 is 4.74 Å². The summed E-state index contributed by atoms with van der Waals surface area (Å²) in [5.41, 5.74) is 0.530. The average Bonchev–Trinajstić information content (AvgIpc) is 2.78. The lowest BCUT2D eigenvalue weighted by Gasteiger charge is -2.41. The molecule has 2 aliphatic rings. The van der Waals surface area contributed by atoms with Gasteiger partial charge in [-0.1, -0.05) is 6.42 Å². The van der Waals surface area contributed by atoms with E-state index < -0.39 is 0 Å². The smallest absolute Gasteiger partial charge is 0.0547 e. The van der Waals surface area contributed by atoms with Crippen molar-refractivity contribution in [3.8, 4) is 0 Å². The maximum atomic E-state index is 5.74. The minimum absolute atomic E-state index is 0.198. The van der Waals surface area contributed by atoms with Gasteiger partial charge in [0, 0.05) is 36.7 Å². The first kappa shape index (κ1) is 15.3. The Hall–Kier alpha value is -0.120. The molecule has 0 spiro atoms. The second-order valence-electron chi connectivity index (χ2n) is 7.72. The van der Waals surface area contributed by atoms with E-state index in [1.165, 1.54) is 38.8 Å². The fourth-order valence-electron chi connectivity index (χ4n) is 3.25. The summed E-state index contributed by atoms with van der Waals surface area (Å²) in [7, 11) is 0. The highest BCUT2D eigenvalue weighted by atomic mass is 16.5. The number of hydrogen-bond acceptors (Lipinski definition) is 3. The van der Waals surface area contributed by atoms with Crippen LogP contribution >= 0.6 is 0 Å². The van der Waals surface area contributed by atoms with E-state index in [1.54, 1.807) is 0 Å². The first-order valence-corrected chi connectivity index (χ1v) is 7.97. The molecule has 0 aliphatic carbocycles. The lowest BCUT2D eigenvalue weighted by atomic mass is 9.84. The number of nitrogens with one attached hydrogen (secondary N) is 1. The molecule has 2 heterocycles. The van der Waals surface area contributed by atoms with Crippen molar-refractivity contribution in [3.05, 3.63) is 0 Å². The van der Waals surface area contributed by atoms with Gasteiger partial charge in [-0.05, 0) is 53.5 Å². The Morgan fingerprint density at radius 2 is 2.11 bits per heavy atom. The molecule has 112 valence electrons. The van der Waals surface area contributed by atoms with Crippen molar-refractivity contribution in [2.75, 3.05) is 32.8 Å². The normalized spacial score (nSPS) is 33.8. The van der Waals surface area contributed by atoms with Crippen LogP contribution in [0.3, 0.4) is 0 Å². The quantitative estimate of drug-likeness (QED) is 0.848. The Kier molecular flexibility index (Phi) is 4.91. The van der Waals surface area contributed by atoms with E-state index in [0.717, 1.165) is 25.8 Å². The van der Waals surface area contributed by atoms with E-state index in [9.17, 15) is 0 Å². The zero-order chi connectivity index (χ0) is 13.9. The van der Waals surface area contributed by atoms with Gasteiger partial charge < -0.3 is 10.1 Å². The summed E-state index contributed by atoms with van der Waals surface area (Å²) in [5, 5.41) is 3.70. The minimum Gasteiger partial charge on any atom is -0.381 e. The maximum Gasteiger partial charge on any atom is 0.0547 e. The van der Waals surface area contributed by atoms with Gasteiger partial charge in [0.15, 0.2) is 0 Å². The third kappa shape index (κ3) is 4.44. The number of hydrogen-bond donors (Lipinski definition) is 1. The van der Waals surface area contributed by atoms with Crippen LogP contribution in [0.15, 0.2) is 0 Å². The van der Waals surface area contributed by atoms with Crippen molar-refractivity contribution in [1.29, 1.82) is 0 Å². The zero-order valence-electron chi connectivity index (χ0n) is 13.3. The number of nitrogens with zero attached hydrogens (tertiary/aromatic N) is 1. The molecule has 0 aromatic rings. The molecule has 0 amide bonds. The predicted octanol–water partition coefficient (Wildman–Crippen LogP) is 2.66. The molecule has 3 nitrogen and oxygen atoms in total. The Balaban J connectivity index is 1.94. The number of ether oxygens (including phenoxy) is 1. The lowest BCUT2D eigenvalue weighted by molar-refractivity contribution is 0.0680. The van der Waals surface area contributed by atoms with Crippen molar-refractivity contribution in [2.45, 2.75) is 65.0 Å². The summed E-state index contributed by atoms with van der Waals surface area (Å²) in [6, 6.07) is 0.751. The molecule has 0 bridgehead atoms. The molecule has 0 aromatic carbocycles. The van der Waals surface area contributed by atoms with E-state index in [1.807, 2.05) is 0 Å². The van der Waals surface area contributed by atoms with E-state index in [-0.39, 0.29) is 5.54 Å². The zero-order valence-corrected chi connectivity index (χ0v) is 13.3. The summed E-state index contributed by atoms with van der Waals surface area (Å²) < 4.78 is 5.74. The van der Waals surface area contributed by atoms with Gasteiger partial charge in [0.25, 0.3) is 0 Å². The summed E-state index contributed by atoms with van der Waals surface area (Å²) >= 11 is 0. The molecule has 0 saturated carbocycles. The highest BCUT2D eigenvalue weighted by Crippen LogP contribution is 2.32. The largest absolute Gasteiger partial charge is 0.381 e. The van der Waals surface area contributed by atoms with Crippen LogP contribution in [0, 0.1) is 5.41 Å². The third-order valence-corrected chi connectivity index (χ3v) is 4.66. The molecule has 19 heavy (non-hydrogen) atoms. The molecule has 2 rings (SSSR count). The van der Waals surface area contributed by atoms with Crippen molar-refractivity contribution in [2.24, 2.45) is 5.41 Å². The van der Waals surface area contributed by atoms with Gasteiger partial charge in [0.1, 0.15) is 0 Å². The van der Waals surface area contributed by atoms with E-state index in [2.05, 4.69) is 37.9 Å². The van der Waals surface area contributed by atoms with Gasteiger partial charge in [0.2, 0.25) is 0 Å². The average molecular weight is 268 g/mol. The highest BCUT2D eigenvalue weighted by Gasteiger charge is 2.38. The summed E-state index contributed by atoms with van der Waals surface area (Å²) in [6.07, 6.45) is 5.35. The molecular weight excluding hydrogens is 236 g/mol. The number of rotatable bonds is 4. The topological polar surface area (TPSA) is 24.5 Å². The summed E-state index contributed by atoms with van der Waals surface area (Å²) in [6.45, 7) is 14.6.